The second-order valence-corrected chi connectivity index (χ2v) is 8.37. The molecule has 6 heteroatoms. The maximum Gasteiger partial charge on any atom is 0.137 e. The molecule has 0 aliphatic carbocycles. The largest absolute Gasteiger partial charge is 0.315 e. The minimum absolute atomic E-state index is 0.500. The molecule has 5 rings (SSSR count). The van der Waals surface area contributed by atoms with Crippen molar-refractivity contribution in [2.24, 2.45) is 7.05 Å². The highest BCUT2D eigenvalue weighted by atomic mass is 15.3. The van der Waals surface area contributed by atoms with Crippen LogP contribution in [0.1, 0.15) is 48.0 Å². The first kappa shape index (κ1) is 17.6. The van der Waals surface area contributed by atoms with Gasteiger partial charge in [-0.05, 0) is 43.9 Å². The molecule has 3 aromatic rings. The van der Waals surface area contributed by atoms with Gasteiger partial charge in [0.1, 0.15) is 11.6 Å². The van der Waals surface area contributed by atoms with Crippen LogP contribution in [0.15, 0.2) is 30.6 Å². The number of fused-ring (bicyclic) bond motifs is 1. The summed E-state index contributed by atoms with van der Waals surface area (Å²) >= 11 is 0. The lowest BCUT2D eigenvalue weighted by Crippen LogP contribution is -2.35. The molecule has 6 nitrogen and oxygen atoms in total. The van der Waals surface area contributed by atoms with E-state index in [1.54, 1.807) is 0 Å². The van der Waals surface area contributed by atoms with E-state index < -0.39 is 0 Å². The van der Waals surface area contributed by atoms with Crippen LogP contribution in [0.5, 0.6) is 0 Å². The molecule has 0 unspecified atom stereocenters. The second-order valence-electron chi connectivity index (χ2n) is 8.37. The van der Waals surface area contributed by atoms with Crippen molar-refractivity contribution >= 4 is 0 Å². The maximum absolute atomic E-state index is 4.56. The summed E-state index contributed by atoms with van der Waals surface area (Å²) in [6.45, 7) is 6.45. The number of aromatic nitrogens is 5. The van der Waals surface area contributed by atoms with E-state index in [2.05, 4.69) is 56.1 Å². The van der Waals surface area contributed by atoms with Crippen molar-refractivity contribution in [3.05, 3.63) is 53.4 Å². The monoisotopic (exact) mass is 376 g/mol. The molecule has 146 valence electrons. The Morgan fingerprint density at radius 1 is 1.14 bits per heavy atom. The summed E-state index contributed by atoms with van der Waals surface area (Å²) in [5.41, 5.74) is 5.17. The third kappa shape index (κ3) is 3.26. The quantitative estimate of drug-likeness (QED) is 0.701. The topological polar surface area (TPSA) is 51.8 Å². The normalized spacial score (nSPS) is 19.9. The van der Waals surface area contributed by atoms with Gasteiger partial charge in [-0.15, -0.1) is 10.2 Å². The van der Waals surface area contributed by atoms with Gasteiger partial charge in [-0.2, -0.15) is 5.10 Å². The van der Waals surface area contributed by atoms with Gasteiger partial charge in [0.05, 0.1) is 6.20 Å². The molecular weight excluding hydrogens is 348 g/mol. The Morgan fingerprint density at radius 2 is 2.07 bits per heavy atom. The SMILES string of the molecule is Cc1ccc(CN2CCC[C@@H](c3nnc4n3CCC4)C2)c(-c2cnn(C)c2)c1. The molecule has 1 fully saturated rings. The van der Waals surface area contributed by atoms with Crippen LogP contribution >= 0.6 is 0 Å². The Kier molecular flexibility index (Phi) is 4.51. The fraction of sp³-hybridized carbons (Fsp3) is 0.500. The molecule has 1 atom stereocenters. The van der Waals surface area contributed by atoms with Gasteiger partial charge in [-0.25, -0.2) is 0 Å². The Balaban J connectivity index is 1.37. The number of nitrogens with zero attached hydrogens (tertiary/aromatic N) is 6. The lowest BCUT2D eigenvalue weighted by atomic mass is 9.95. The molecule has 2 aliphatic rings. The molecule has 0 spiro atoms. The van der Waals surface area contributed by atoms with Gasteiger partial charge in [0.2, 0.25) is 0 Å². The Morgan fingerprint density at radius 3 is 2.93 bits per heavy atom. The zero-order chi connectivity index (χ0) is 19.1. The smallest absolute Gasteiger partial charge is 0.137 e. The van der Waals surface area contributed by atoms with Crippen molar-refractivity contribution < 1.29 is 0 Å². The highest BCUT2D eigenvalue weighted by Crippen LogP contribution is 2.31. The third-order valence-electron chi connectivity index (χ3n) is 6.18. The van der Waals surface area contributed by atoms with Crippen molar-refractivity contribution in [2.75, 3.05) is 13.1 Å². The summed E-state index contributed by atoms with van der Waals surface area (Å²) in [5.74, 6) is 2.90. The molecule has 0 saturated carbocycles. The summed E-state index contributed by atoms with van der Waals surface area (Å²) in [6.07, 6.45) is 8.82. The number of aryl methyl sites for hydroxylation is 3. The van der Waals surface area contributed by atoms with Crippen LogP contribution in [0.4, 0.5) is 0 Å². The van der Waals surface area contributed by atoms with E-state index in [1.807, 2.05) is 17.9 Å². The highest BCUT2D eigenvalue weighted by molar-refractivity contribution is 5.66. The minimum Gasteiger partial charge on any atom is -0.315 e. The van der Waals surface area contributed by atoms with Crippen LogP contribution in [0.3, 0.4) is 0 Å². The van der Waals surface area contributed by atoms with Gasteiger partial charge < -0.3 is 4.57 Å². The molecule has 0 N–H and O–H groups in total. The van der Waals surface area contributed by atoms with Crippen LogP contribution in [-0.4, -0.2) is 42.5 Å². The first-order chi connectivity index (χ1) is 13.7. The number of benzene rings is 1. The summed E-state index contributed by atoms with van der Waals surface area (Å²) in [6, 6.07) is 6.80. The molecule has 0 radical (unpaired) electrons. The van der Waals surface area contributed by atoms with Gasteiger partial charge in [0.15, 0.2) is 0 Å². The van der Waals surface area contributed by atoms with E-state index >= 15 is 0 Å². The predicted molar refractivity (Wildman–Crippen MR) is 109 cm³/mol. The van der Waals surface area contributed by atoms with Gasteiger partial charge >= 0.3 is 0 Å². The van der Waals surface area contributed by atoms with Crippen molar-refractivity contribution in [2.45, 2.75) is 51.6 Å². The van der Waals surface area contributed by atoms with Crippen molar-refractivity contribution in [3.8, 4) is 11.1 Å². The molecule has 1 saturated heterocycles. The van der Waals surface area contributed by atoms with Crippen molar-refractivity contribution in [3.63, 3.8) is 0 Å². The van der Waals surface area contributed by atoms with Crippen molar-refractivity contribution in [1.82, 2.24) is 29.4 Å². The maximum atomic E-state index is 4.56. The van der Waals surface area contributed by atoms with Crippen LogP contribution in [-0.2, 0) is 26.6 Å². The summed E-state index contributed by atoms with van der Waals surface area (Å²) in [7, 11) is 1.98. The van der Waals surface area contributed by atoms with Crippen LogP contribution in [0.2, 0.25) is 0 Å². The van der Waals surface area contributed by atoms with E-state index in [0.29, 0.717) is 5.92 Å². The van der Waals surface area contributed by atoms with E-state index in [0.717, 1.165) is 32.6 Å². The summed E-state index contributed by atoms with van der Waals surface area (Å²) in [5, 5.41) is 13.4. The third-order valence-corrected chi connectivity index (χ3v) is 6.18. The average molecular weight is 377 g/mol. The minimum atomic E-state index is 0.500. The predicted octanol–water partition coefficient (Wildman–Crippen LogP) is 3.31. The fourth-order valence-electron chi connectivity index (χ4n) is 4.78. The van der Waals surface area contributed by atoms with Crippen LogP contribution < -0.4 is 0 Å². The molecule has 0 amide bonds. The van der Waals surface area contributed by atoms with Gasteiger partial charge in [-0.1, -0.05) is 23.8 Å². The molecule has 2 aromatic heterocycles. The van der Waals surface area contributed by atoms with Crippen LogP contribution in [0.25, 0.3) is 11.1 Å². The molecule has 4 heterocycles. The Bertz CT molecular complexity index is 985. The molecule has 0 bridgehead atoms. The highest BCUT2D eigenvalue weighted by Gasteiger charge is 2.28. The van der Waals surface area contributed by atoms with Gasteiger partial charge in [-0.3, -0.25) is 9.58 Å². The lowest BCUT2D eigenvalue weighted by molar-refractivity contribution is 0.195. The molecular formula is C22H28N6. The summed E-state index contributed by atoms with van der Waals surface area (Å²) in [4.78, 5) is 2.59. The van der Waals surface area contributed by atoms with Gasteiger partial charge in [0, 0.05) is 50.8 Å². The first-order valence-corrected chi connectivity index (χ1v) is 10.4. The number of hydrogen-bond donors (Lipinski definition) is 0. The first-order valence-electron chi connectivity index (χ1n) is 10.4. The van der Waals surface area contributed by atoms with E-state index in [9.17, 15) is 0 Å². The standard InChI is InChI=1S/C22H28N6/c1-16-7-8-17(20(11-16)19-12-23-26(2)13-19)14-27-9-3-5-18(15-27)22-25-24-21-6-4-10-28(21)22/h7-8,11-13,18H,3-6,9-10,14-15H2,1-2H3/t18-/m1/s1. The number of piperidine rings is 1. The number of rotatable bonds is 4. The van der Waals surface area contributed by atoms with Crippen LogP contribution in [0, 0.1) is 6.92 Å². The second kappa shape index (κ2) is 7.17. The van der Waals surface area contributed by atoms with E-state index in [-0.39, 0.29) is 0 Å². The molecule has 28 heavy (non-hydrogen) atoms. The lowest BCUT2D eigenvalue weighted by Gasteiger charge is -2.32. The van der Waals surface area contributed by atoms with E-state index in [1.165, 1.54) is 53.2 Å². The number of hydrogen-bond acceptors (Lipinski definition) is 4. The Hall–Kier alpha value is -2.47. The fourth-order valence-corrected chi connectivity index (χ4v) is 4.78. The summed E-state index contributed by atoms with van der Waals surface area (Å²) < 4.78 is 4.26. The molecule has 1 aromatic carbocycles. The van der Waals surface area contributed by atoms with E-state index in [4.69, 9.17) is 0 Å². The number of likely N-dealkylation sites (tertiary alicyclic amines) is 1. The average Bonchev–Trinajstić information content (AvgIpc) is 3.40. The van der Waals surface area contributed by atoms with Crippen molar-refractivity contribution in [1.29, 1.82) is 0 Å². The zero-order valence-corrected chi connectivity index (χ0v) is 16.8. The molecule has 2 aliphatic heterocycles. The Labute approximate surface area is 166 Å². The van der Waals surface area contributed by atoms with Gasteiger partial charge in [0.25, 0.3) is 0 Å². The zero-order valence-electron chi connectivity index (χ0n) is 16.8.